The van der Waals surface area contributed by atoms with E-state index < -0.39 is 12.0 Å². The van der Waals surface area contributed by atoms with Crippen LogP contribution in [0.15, 0.2) is 24.3 Å². The first-order valence-electron chi connectivity index (χ1n) is 5.49. The molecule has 0 bridgehead atoms. The molecular weight excluding hydrogens is 202 g/mol. The standard InChI is InChI=1S/C13H19NO2/c1-9(2)11-5-7-12(8-6-11)14(4)10(3)13(15)16/h5-10H,1-4H3,(H,15,16). The molecule has 0 aliphatic rings. The zero-order valence-corrected chi connectivity index (χ0v) is 10.3. The van der Waals surface area contributed by atoms with Crippen LogP contribution in [0.1, 0.15) is 32.3 Å². The summed E-state index contributed by atoms with van der Waals surface area (Å²) in [6.07, 6.45) is 0. The number of hydrogen-bond donors (Lipinski definition) is 1. The highest BCUT2D eigenvalue weighted by molar-refractivity contribution is 5.77. The number of likely N-dealkylation sites (N-methyl/N-ethyl adjacent to an activating group) is 1. The minimum Gasteiger partial charge on any atom is -0.480 e. The van der Waals surface area contributed by atoms with Gasteiger partial charge in [0.25, 0.3) is 0 Å². The SMILES string of the molecule is CC(C)c1ccc(N(C)C(C)C(=O)O)cc1. The van der Waals surface area contributed by atoms with Crippen molar-refractivity contribution in [2.45, 2.75) is 32.7 Å². The van der Waals surface area contributed by atoms with Crippen LogP contribution in [0.25, 0.3) is 0 Å². The maximum atomic E-state index is 10.8. The topological polar surface area (TPSA) is 40.5 Å². The fourth-order valence-electron chi connectivity index (χ4n) is 1.48. The highest BCUT2D eigenvalue weighted by atomic mass is 16.4. The van der Waals surface area contributed by atoms with Gasteiger partial charge in [0.2, 0.25) is 0 Å². The number of aliphatic carboxylic acids is 1. The molecule has 0 radical (unpaired) electrons. The van der Waals surface area contributed by atoms with E-state index in [2.05, 4.69) is 13.8 Å². The summed E-state index contributed by atoms with van der Waals surface area (Å²) < 4.78 is 0. The normalized spacial score (nSPS) is 12.6. The molecule has 16 heavy (non-hydrogen) atoms. The molecule has 0 fully saturated rings. The maximum absolute atomic E-state index is 10.8. The number of carboxylic acids is 1. The second-order valence-electron chi connectivity index (χ2n) is 4.37. The molecule has 0 aliphatic carbocycles. The molecule has 0 aromatic heterocycles. The summed E-state index contributed by atoms with van der Waals surface area (Å²) in [7, 11) is 1.79. The van der Waals surface area contributed by atoms with Crippen LogP contribution >= 0.6 is 0 Å². The molecule has 1 N–H and O–H groups in total. The lowest BCUT2D eigenvalue weighted by Gasteiger charge is -2.24. The molecule has 1 aromatic rings. The van der Waals surface area contributed by atoms with E-state index in [4.69, 9.17) is 5.11 Å². The molecule has 88 valence electrons. The van der Waals surface area contributed by atoms with Crippen LogP contribution in [0.3, 0.4) is 0 Å². The quantitative estimate of drug-likeness (QED) is 0.849. The number of benzene rings is 1. The van der Waals surface area contributed by atoms with E-state index >= 15 is 0 Å². The van der Waals surface area contributed by atoms with Crippen LogP contribution in [0, 0.1) is 0 Å². The second-order valence-corrected chi connectivity index (χ2v) is 4.37. The Balaban J connectivity index is 2.85. The number of rotatable bonds is 4. The predicted molar refractivity (Wildman–Crippen MR) is 66.0 cm³/mol. The Morgan fingerprint density at radius 1 is 1.19 bits per heavy atom. The zero-order valence-electron chi connectivity index (χ0n) is 10.3. The van der Waals surface area contributed by atoms with Crippen LogP contribution in [-0.4, -0.2) is 24.2 Å². The first-order chi connectivity index (χ1) is 7.43. The van der Waals surface area contributed by atoms with Gasteiger partial charge in [-0.05, 0) is 30.5 Å². The number of nitrogens with zero attached hydrogens (tertiary/aromatic N) is 1. The van der Waals surface area contributed by atoms with Crippen molar-refractivity contribution in [1.82, 2.24) is 0 Å². The van der Waals surface area contributed by atoms with Crippen molar-refractivity contribution < 1.29 is 9.90 Å². The highest BCUT2D eigenvalue weighted by Gasteiger charge is 2.16. The van der Waals surface area contributed by atoms with E-state index in [9.17, 15) is 4.79 Å². The van der Waals surface area contributed by atoms with Gasteiger partial charge in [-0.1, -0.05) is 26.0 Å². The first-order valence-corrected chi connectivity index (χ1v) is 5.49. The highest BCUT2D eigenvalue weighted by Crippen LogP contribution is 2.20. The Kier molecular flexibility index (Phi) is 3.93. The smallest absolute Gasteiger partial charge is 0.326 e. The van der Waals surface area contributed by atoms with E-state index in [-0.39, 0.29) is 0 Å². The first kappa shape index (κ1) is 12.6. The van der Waals surface area contributed by atoms with Gasteiger partial charge >= 0.3 is 5.97 Å². The second kappa shape index (κ2) is 5.01. The van der Waals surface area contributed by atoms with E-state index in [1.54, 1.807) is 18.9 Å². The Labute approximate surface area is 96.7 Å². The predicted octanol–water partition coefficient (Wildman–Crippen LogP) is 2.72. The van der Waals surface area contributed by atoms with Crippen molar-refractivity contribution in [1.29, 1.82) is 0 Å². The third-order valence-electron chi connectivity index (χ3n) is 2.91. The van der Waals surface area contributed by atoms with Gasteiger partial charge in [-0.25, -0.2) is 4.79 Å². The van der Waals surface area contributed by atoms with E-state index in [1.165, 1.54) is 5.56 Å². The molecule has 1 atom stereocenters. The summed E-state index contributed by atoms with van der Waals surface area (Å²) in [6.45, 7) is 5.95. The van der Waals surface area contributed by atoms with Gasteiger partial charge < -0.3 is 10.0 Å². The van der Waals surface area contributed by atoms with Crippen LogP contribution in [-0.2, 0) is 4.79 Å². The largest absolute Gasteiger partial charge is 0.480 e. The average molecular weight is 221 g/mol. The molecule has 1 unspecified atom stereocenters. The molecule has 0 aliphatic heterocycles. The molecule has 0 amide bonds. The molecule has 1 rings (SSSR count). The number of anilines is 1. The summed E-state index contributed by atoms with van der Waals surface area (Å²) in [5.74, 6) is -0.313. The monoisotopic (exact) mass is 221 g/mol. The van der Waals surface area contributed by atoms with Crippen molar-refractivity contribution in [2.75, 3.05) is 11.9 Å². The van der Waals surface area contributed by atoms with Crippen LogP contribution in [0.2, 0.25) is 0 Å². The van der Waals surface area contributed by atoms with Crippen molar-refractivity contribution in [3.8, 4) is 0 Å². The van der Waals surface area contributed by atoms with E-state index in [0.717, 1.165) is 5.69 Å². The molecule has 0 saturated carbocycles. The van der Waals surface area contributed by atoms with Crippen LogP contribution in [0.4, 0.5) is 5.69 Å². The summed E-state index contributed by atoms with van der Waals surface area (Å²) in [5, 5.41) is 8.91. The van der Waals surface area contributed by atoms with Gasteiger partial charge in [-0.3, -0.25) is 0 Å². The van der Waals surface area contributed by atoms with Crippen LogP contribution < -0.4 is 4.90 Å². The fraction of sp³-hybridized carbons (Fsp3) is 0.462. The average Bonchev–Trinajstić information content (AvgIpc) is 2.27. The molecular formula is C13H19NO2. The Hall–Kier alpha value is -1.51. The molecule has 3 nitrogen and oxygen atoms in total. The van der Waals surface area contributed by atoms with Crippen LogP contribution in [0.5, 0.6) is 0 Å². The van der Waals surface area contributed by atoms with Gasteiger partial charge in [0.1, 0.15) is 6.04 Å². The molecule has 0 heterocycles. The van der Waals surface area contributed by atoms with Gasteiger partial charge in [0.15, 0.2) is 0 Å². The third kappa shape index (κ3) is 2.75. The third-order valence-corrected chi connectivity index (χ3v) is 2.91. The number of carbonyl (C=O) groups is 1. The Bertz CT molecular complexity index is 357. The van der Waals surface area contributed by atoms with Gasteiger partial charge in [0.05, 0.1) is 0 Å². The van der Waals surface area contributed by atoms with Gasteiger partial charge in [0, 0.05) is 12.7 Å². The van der Waals surface area contributed by atoms with Crippen molar-refractivity contribution in [3.05, 3.63) is 29.8 Å². The molecule has 1 aromatic carbocycles. The minimum absolute atomic E-state index is 0.497. The molecule has 0 spiro atoms. The van der Waals surface area contributed by atoms with E-state index in [0.29, 0.717) is 5.92 Å². The fourth-order valence-corrected chi connectivity index (χ4v) is 1.48. The summed E-state index contributed by atoms with van der Waals surface area (Å²) in [4.78, 5) is 12.6. The zero-order chi connectivity index (χ0) is 12.3. The summed E-state index contributed by atoms with van der Waals surface area (Å²) in [6, 6.07) is 7.52. The lowest BCUT2D eigenvalue weighted by Crippen LogP contribution is -2.35. The van der Waals surface area contributed by atoms with Crippen molar-refractivity contribution in [2.24, 2.45) is 0 Å². The molecule has 3 heteroatoms. The van der Waals surface area contributed by atoms with Gasteiger partial charge in [-0.2, -0.15) is 0 Å². The molecule has 0 saturated heterocycles. The maximum Gasteiger partial charge on any atom is 0.326 e. The van der Waals surface area contributed by atoms with Crippen molar-refractivity contribution >= 4 is 11.7 Å². The Morgan fingerprint density at radius 2 is 1.69 bits per heavy atom. The lowest BCUT2D eigenvalue weighted by atomic mass is 10.0. The lowest BCUT2D eigenvalue weighted by molar-refractivity contribution is -0.138. The van der Waals surface area contributed by atoms with E-state index in [1.807, 2.05) is 24.3 Å². The van der Waals surface area contributed by atoms with Crippen molar-refractivity contribution in [3.63, 3.8) is 0 Å². The summed E-state index contributed by atoms with van der Waals surface area (Å²) >= 11 is 0. The Morgan fingerprint density at radius 3 is 2.06 bits per heavy atom. The number of hydrogen-bond acceptors (Lipinski definition) is 2. The number of carboxylic acid groups (broad SMARTS) is 1. The minimum atomic E-state index is -0.810. The summed E-state index contributed by atoms with van der Waals surface area (Å²) in [5.41, 5.74) is 2.19. The van der Waals surface area contributed by atoms with Gasteiger partial charge in [-0.15, -0.1) is 0 Å².